The Labute approximate surface area is 135 Å². The lowest BCUT2D eigenvalue weighted by molar-refractivity contribution is -0.385. The summed E-state index contributed by atoms with van der Waals surface area (Å²) in [6.45, 7) is 0. The summed E-state index contributed by atoms with van der Waals surface area (Å²) in [5, 5.41) is 22.0. The highest BCUT2D eigenvalue weighted by molar-refractivity contribution is 5.77. The number of nitro groups is 2. The normalized spacial score (nSPS) is 10.0. The number of nitro benzene ring substituents is 2. The van der Waals surface area contributed by atoms with E-state index in [1.807, 2.05) is 0 Å². The van der Waals surface area contributed by atoms with E-state index in [0.29, 0.717) is 0 Å². The van der Waals surface area contributed by atoms with Gasteiger partial charge in [0.25, 0.3) is 5.69 Å². The zero-order valence-corrected chi connectivity index (χ0v) is 12.5. The van der Waals surface area contributed by atoms with Crippen LogP contribution in [0.3, 0.4) is 0 Å². The molecular weight excluding hydrogens is 320 g/mol. The molecule has 0 unspecified atom stereocenters. The Bertz CT molecular complexity index is 804. The van der Waals surface area contributed by atoms with Crippen LogP contribution in [0, 0.1) is 20.2 Å². The van der Waals surface area contributed by atoms with Crippen LogP contribution >= 0.6 is 0 Å². The highest BCUT2D eigenvalue weighted by Crippen LogP contribution is 2.31. The molecule has 0 bridgehead atoms. The van der Waals surface area contributed by atoms with Crippen molar-refractivity contribution in [3.63, 3.8) is 0 Å². The fourth-order valence-electron chi connectivity index (χ4n) is 2.01. The molecule has 0 N–H and O–H groups in total. The predicted octanol–water partition coefficient (Wildman–Crippen LogP) is 2.66. The van der Waals surface area contributed by atoms with Crippen molar-refractivity contribution in [2.75, 3.05) is 7.11 Å². The van der Waals surface area contributed by atoms with Crippen LogP contribution < -0.4 is 9.47 Å². The summed E-state index contributed by atoms with van der Waals surface area (Å²) in [6.07, 6.45) is -0.389. The van der Waals surface area contributed by atoms with Crippen LogP contribution in [0.1, 0.15) is 5.56 Å². The number of rotatable bonds is 6. The van der Waals surface area contributed by atoms with E-state index in [1.165, 1.54) is 37.4 Å². The van der Waals surface area contributed by atoms with Gasteiger partial charge in [-0.3, -0.25) is 25.0 Å². The van der Waals surface area contributed by atoms with E-state index < -0.39 is 21.5 Å². The summed E-state index contributed by atoms with van der Waals surface area (Å²) in [5.41, 5.74) is -0.507. The van der Waals surface area contributed by atoms with Gasteiger partial charge >= 0.3 is 11.7 Å². The molecule has 9 nitrogen and oxygen atoms in total. The van der Waals surface area contributed by atoms with Crippen molar-refractivity contribution in [3.8, 4) is 11.5 Å². The van der Waals surface area contributed by atoms with Crippen LogP contribution in [-0.4, -0.2) is 22.9 Å². The molecule has 0 atom stereocenters. The molecule has 0 amide bonds. The van der Waals surface area contributed by atoms with Crippen molar-refractivity contribution >= 4 is 17.3 Å². The number of benzene rings is 2. The first kappa shape index (κ1) is 16.9. The highest BCUT2D eigenvalue weighted by Gasteiger charge is 2.21. The Hall–Kier alpha value is -3.49. The number of methoxy groups -OCH3 is 1. The molecule has 0 aliphatic heterocycles. The summed E-state index contributed by atoms with van der Waals surface area (Å²) in [5.74, 6) is -0.873. The molecule has 0 saturated carbocycles. The first-order chi connectivity index (χ1) is 11.4. The Morgan fingerprint density at radius 3 is 2.33 bits per heavy atom. The second-order valence-corrected chi connectivity index (χ2v) is 4.63. The number of carbonyl (C=O) groups is 1. The average molecular weight is 332 g/mol. The van der Waals surface area contributed by atoms with Crippen molar-refractivity contribution in [3.05, 3.63) is 68.3 Å². The molecule has 2 aromatic rings. The van der Waals surface area contributed by atoms with Crippen molar-refractivity contribution in [2.24, 2.45) is 0 Å². The molecule has 124 valence electrons. The van der Waals surface area contributed by atoms with Gasteiger partial charge < -0.3 is 9.47 Å². The van der Waals surface area contributed by atoms with Crippen molar-refractivity contribution < 1.29 is 24.1 Å². The van der Waals surface area contributed by atoms with E-state index in [0.717, 1.165) is 6.07 Å². The monoisotopic (exact) mass is 332 g/mol. The largest absolute Gasteiger partial charge is 0.496 e. The standard InChI is InChI=1S/C15H12N2O7/c1-23-11-6-7-14(13(9-11)17(21)22)24-15(18)8-10-4-2-3-5-12(10)16(19)20/h2-7,9H,8H2,1H3. The summed E-state index contributed by atoms with van der Waals surface area (Å²) in [6, 6.07) is 9.45. The van der Waals surface area contributed by atoms with Gasteiger partial charge in [-0.15, -0.1) is 0 Å². The van der Waals surface area contributed by atoms with Crippen molar-refractivity contribution in [1.82, 2.24) is 0 Å². The first-order valence-corrected chi connectivity index (χ1v) is 6.67. The number of nitrogens with zero attached hydrogens (tertiary/aromatic N) is 2. The summed E-state index contributed by atoms with van der Waals surface area (Å²) >= 11 is 0. The molecule has 2 aromatic carbocycles. The topological polar surface area (TPSA) is 122 Å². The molecule has 0 spiro atoms. The predicted molar refractivity (Wildman–Crippen MR) is 82.1 cm³/mol. The van der Waals surface area contributed by atoms with Crippen molar-refractivity contribution in [1.29, 1.82) is 0 Å². The summed E-state index contributed by atoms with van der Waals surface area (Å²) < 4.78 is 9.87. The van der Waals surface area contributed by atoms with E-state index in [-0.39, 0.29) is 29.2 Å². The molecular formula is C15H12N2O7. The Morgan fingerprint density at radius 2 is 1.71 bits per heavy atom. The van der Waals surface area contributed by atoms with E-state index in [4.69, 9.17) is 9.47 Å². The van der Waals surface area contributed by atoms with E-state index >= 15 is 0 Å². The van der Waals surface area contributed by atoms with Crippen molar-refractivity contribution in [2.45, 2.75) is 6.42 Å². The third-order valence-electron chi connectivity index (χ3n) is 3.11. The lowest BCUT2D eigenvalue weighted by Crippen LogP contribution is -2.13. The fourth-order valence-corrected chi connectivity index (χ4v) is 2.01. The molecule has 0 aliphatic carbocycles. The quantitative estimate of drug-likeness (QED) is 0.345. The summed E-state index contributed by atoms with van der Waals surface area (Å²) in [4.78, 5) is 32.6. The molecule has 24 heavy (non-hydrogen) atoms. The number of hydrogen-bond acceptors (Lipinski definition) is 7. The van der Waals surface area contributed by atoms with Crippen LogP contribution in [0.5, 0.6) is 11.5 Å². The molecule has 0 fully saturated rings. The summed E-state index contributed by atoms with van der Waals surface area (Å²) in [7, 11) is 1.35. The molecule has 0 saturated heterocycles. The maximum atomic E-state index is 12.0. The maximum absolute atomic E-state index is 12.0. The van der Waals surface area contributed by atoms with Crippen LogP contribution in [-0.2, 0) is 11.2 Å². The minimum atomic E-state index is -0.849. The van der Waals surface area contributed by atoms with Crippen LogP contribution in [0.15, 0.2) is 42.5 Å². The van der Waals surface area contributed by atoms with Gasteiger partial charge in [0, 0.05) is 11.6 Å². The SMILES string of the molecule is COc1ccc(OC(=O)Cc2ccccc2[N+](=O)[O-])c([N+](=O)[O-])c1. The molecule has 0 aromatic heterocycles. The Morgan fingerprint density at radius 1 is 1.04 bits per heavy atom. The smallest absolute Gasteiger partial charge is 0.316 e. The fraction of sp³-hybridized carbons (Fsp3) is 0.133. The second-order valence-electron chi connectivity index (χ2n) is 4.63. The number of hydrogen-bond donors (Lipinski definition) is 0. The Balaban J connectivity index is 2.22. The van der Waals surface area contributed by atoms with Crippen LogP contribution in [0.4, 0.5) is 11.4 Å². The molecule has 2 rings (SSSR count). The lowest BCUT2D eigenvalue weighted by atomic mass is 10.1. The zero-order valence-electron chi connectivity index (χ0n) is 12.5. The number of carbonyl (C=O) groups excluding carboxylic acids is 1. The van der Waals surface area contributed by atoms with Gasteiger partial charge in [-0.2, -0.15) is 0 Å². The lowest BCUT2D eigenvalue weighted by Gasteiger charge is -2.07. The number of ether oxygens (including phenoxy) is 2. The van der Waals surface area contributed by atoms with Gasteiger partial charge in [-0.1, -0.05) is 18.2 Å². The minimum Gasteiger partial charge on any atom is -0.496 e. The zero-order chi connectivity index (χ0) is 17.7. The number of para-hydroxylation sites is 1. The molecule has 0 aliphatic rings. The maximum Gasteiger partial charge on any atom is 0.316 e. The van der Waals surface area contributed by atoms with Crippen LogP contribution in [0.25, 0.3) is 0 Å². The van der Waals surface area contributed by atoms with Gasteiger partial charge in [0.2, 0.25) is 5.75 Å². The van der Waals surface area contributed by atoms with Gasteiger partial charge in [0.1, 0.15) is 5.75 Å². The van der Waals surface area contributed by atoms with Gasteiger partial charge in [0.15, 0.2) is 0 Å². The number of esters is 1. The van der Waals surface area contributed by atoms with E-state index in [9.17, 15) is 25.0 Å². The van der Waals surface area contributed by atoms with E-state index in [1.54, 1.807) is 6.07 Å². The second kappa shape index (κ2) is 7.18. The van der Waals surface area contributed by atoms with Gasteiger partial charge in [0.05, 0.1) is 29.4 Å². The van der Waals surface area contributed by atoms with Crippen LogP contribution in [0.2, 0.25) is 0 Å². The third kappa shape index (κ3) is 3.83. The highest BCUT2D eigenvalue weighted by atomic mass is 16.6. The first-order valence-electron chi connectivity index (χ1n) is 6.67. The molecule has 9 heteroatoms. The van der Waals surface area contributed by atoms with Gasteiger partial charge in [-0.05, 0) is 12.1 Å². The molecule has 0 heterocycles. The third-order valence-corrected chi connectivity index (χ3v) is 3.11. The average Bonchev–Trinajstić information content (AvgIpc) is 2.55. The van der Waals surface area contributed by atoms with Gasteiger partial charge in [-0.25, -0.2) is 0 Å². The van der Waals surface area contributed by atoms with E-state index in [2.05, 4.69) is 0 Å². The minimum absolute atomic E-state index is 0.156. The molecule has 0 radical (unpaired) electrons. The Kier molecular flexibility index (Phi) is 5.05.